The SMILES string of the molecule is Bc1ccc2c(B)c(O)c(C(=O)Nc3ccc(SC(F)(F)F)cc3)cc2c1. The van der Waals surface area contributed by atoms with Crippen LogP contribution in [0.4, 0.5) is 18.9 Å². The number of thioether (sulfide) groups is 1. The molecule has 2 N–H and O–H groups in total. The second-order valence-corrected chi connectivity index (χ2v) is 7.29. The largest absolute Gasteiger partial charge is 0.508 e. The Kier molecular flexibility index (Phi) is 5.15. The molecule has 3 aromatic carbocycles. The topological polar surface area (TPSA) is 49.3 Å². The second-order valence-electron chi connectivity index (χ2n) is 6.15. The molecule has 136 valence electrons. The van der Waals surface area contributed by atoms with Crippen LogP contribution in [-0.4, -0.2) is 32.2 Å². The first-order valence-corrected chi connectivity index (χ1v) is 8.86. The highest BCUT2D eigenvalue weighted by Crippen LogP contribution is 2.37. The van der Waals surface area contributed by atoms with Gasteiger partial charge in [-0.3, -0.25) is 4.79 Å². The zero-order valence-electron chi connectivity index (χ0n) is 14.5. The smallest absolute Gasteiger partial charge is 0.446 e. The molecule has 3 rings (SSSR count). The van der Waals surface area contributed by atoms with E-state index in [1.165, 1.54) is 24.3 Å². The fourth-order valence-electron chi connectivity index (χ4n) is 2.81. The summed E-state index contributed by atoms with van der Waals surface area (Å²) in [6.07, 6.45) is 0. The van der Waals surface area contributed by atoms with Gasteiger partial charge in [-0.05, 0) is 58.3 Å². The molecule has 0 aromatic heterocycles. The number of fused-ring (bicyclic) bond motifs is 1. The van der Waals surface area contributed by atoms with Crippen LogP contribution in [0.5, 0.6) is 5.75 Å². The lowest BCUT2D eigenvalue weighted by atomic mass is 9.84. The number of carbonyl (C=O) groups excluding carboxylic acids is 1. The normalized spacial score (nSPS) is 11.5. The molecule has 0 spiro atoms. The third-order valence-electron chi connectivity index (χ3n) is 4.11. The van der Waals surface area contributed by atoms with Gasteiger partial charge in [-0.2, -0.15) is 13.2 Å². The molecule has 0 aliphatic heterocycles. The molecule has 0 atom stereocenters. The Morgan fingerprint density at radius 1 is 1.04 bits per heavy atom. The summed E-state index contributed by atoms with van der Waals surface area (Å²) in [7, 11) is 3.66. The lowest BCUT2D eigenvalue weighted by Crippen LogP contribution is -2.17. The van der Waals surface area contributed by atoms with Gasteiger partial charge in [-0.15, -0.1) is 0 Å². The van der Waals surface area contributed by atoms with Gasteiger partial charge in [0.2, 0.25) is 0 Å². The maximum absolute atomic E-state index is 12.6. The van der Waals surface area contributed by atoms with Crippen LogP contribution in [0.1, 0.15) is 10.4 Å². The summed E-state index contributed by atoms with van der Waals surface area (Å²) < 4.78 is 37.1. The summed E-state index contributed by atoms with van der Waals surface area (Å²) in [6, 6.07) is 12.7. The van der Waals surface area contributed by atoms with Gasteiger partial charge in [0.25, 0.3) is 5.91 Å². The zero-order valence-corrected chi connectivity index (χ0v) is 15.3. The lowest BCUT2D eigenvalue weighted by Gasteiger charge is -2.13. The van der Waals surface area contributed by atoms with Crippen LogP contribution in [0.2, 0.25) is 0 Å². The number of rotatable bonds is 3. The highest BCUT2D eigenvalue weighted by Gasteiger charge is 2.29. The van der Waals surface area contributed by atoms with Crippen molar-refractivity contribution in [3.8, 4) is 5.75 Å². The van der Waals surface area contributed by atoms with Crippen molar-refractivity contribution in [3.05, 3.63) is 54.1 Å². The number of benzene rings is 3. The van der Waals surface area contributed by atoms with Crippen LogP contribution in [0, 0.1) is 0 Å². The number of aromatic hydroxyl groups is 1. The van der Waals surface area contributed by atoms with Crippen LogP contribution in [-0.2, 0) is 0 Å². The second kappa shape index (κ2) is 7.23. The van der Waals surface area contributed by atoms with Crippen molar-refractivity contribution >= 4 is 60.7 Å². The van der Waals surface area contributed by atoms with E-state index < -0.39 is 11.4 Å². The fraction of sp³-hybridized carbons (Fsp3) is 0.0556. The summed E-state index contributed by atoms with van der Waals surface area (Å²) in [4.78, 5) is 12.6. The molecule has 3 aromatic rings. The Bertz CT molecular complexity index is 1020. The third kappa shape index (κ3) is 4.42. The quantitative estimate of drug-likeness (QED) is 0.534. The van der Waals surface area contributed by atoms with Crippen molar-refractivity contribution in [1.82, 2.24) is 0 Å². The number of halogens is 3. The van der Waals surface area contributed by atoms with Crippen molar-refractivity contribution in [2.75, 3.05) is 5.32 Å². The van der Waals surface area contributed by atoms with Gasteiger partial charge in [0.1, 0.15) is 21.4 Å². The van der Waals surface area contributed by atoms with Crippen LogP contribution < -0.4 is 16.2 Å². The molecule has 0 bridgehead atoms. The fourth-order valence-corrected chi connectivity index (χ4v) is 3.35. The molecule has 0 heterocycles. The van der Waals surface area contributed by atoms with Crippen molar-refractivity contribution in [3.63, 3.8) is 0 Å². The van der Waals surface area contributed by atoms with Crippen molar-refractivity contribution < 1.29 is 23.1 Å². The highest BCUT2D eigenvalue weighted by atomic mass is 32.2. The minimum absolute atomic E-state index is 0.0281. The van der Waals surface area contributed by atoms with Gasteiger partial charge < -0.3 is 10.4 Å². The zero-order chi connectivity index (χ0) is 19.8. The van der Waals surface area contributed by atoms with E-state index in [0.717, 1.165) is 16.2 Å². The van der Waals surface area contributed by atoms with Gasteiger partial charge in [0, 0.05) is 10.6 Å². The van der Waals surface area contributed by atoms with Crippen molar-refractivity contribution in [2.45, 2.75) is 10.4 Å². The first kappa shape index (κ1) is 19.2. The highest BCUT2D eigenvalue weighted by molar-refractivity contribution is 8.00. The van der Waals surface area contributed by atoms with Crippen LogP contribution in [0.15, 0.2) is 53.4 Å². The van der Waals surface area contributed by atoms with Crippen molar-refractivity contribution in [1.29, 1.82) is 0 Å². The maximum Gasteiger partial charge on any atom is 0.446 e. The third-order valence-corrected chi connectivity index (χ3v) is 4.85. The molecular weight excluding hydrogens is 373 g/mol. The van der Waals surface area contributed by atoms with E-state index in [2.05, 4.69) is 5.32 Å². The Balaban J connectivity index is 1.87. The summed E-state index contributed by atoms with van der Waals surface area (Å²) in [5.41, 5.74) is -2.30. The number of amides is 1. The molecule has 0 fully saturated rings. The number of carbonyl (C=O) groups is 1. The monoisotopic (exact) mass is 387 g/mol. The van der Waals surface area contributed by atoms with Crippen molar-refractivity contribution in [2.24, 2.45) is 0 Å². The maximum atomic E-state index is 12.6. The van der Waals surface area contributed by atoms with E-state index in [1.807, 2.05) is 26.0 Å². The van der Waals surface area contributed by atoms with Gasteiger partial charge >= 0.3 is 5.51 Å². The standard InChI is InChI=1S/C18H14B2F3NO2S/c19-10-1-6-13-9(7-10)8-14(16(25)15(13)20)17(26)24-11-2-4-12(5-3-11)27-18(21,22)23/h1-8,25H,19-20H2,(H,24,26). The Morgan fingerprint density at radius 3 is 2.33 bits per heavy atom. The predicted octanol–water partition coefficient (Wildman–Crippen LogP) is 1.93. The average Bonchev–Trinajstić information content (AvgIpc) is 2.58. The van der Waals surface area contributed by atoms with E-state index in [0.29, 0.717) is 11.2 Å². The van der Waals surface area contributed by atoms with Crippen LogP contribution >= 0.6 is 11.8 Å². The van der Waals surface area contributed by atoms with Gasteiger partial charge in [-0.1, -0.05) is 23.7 Å². The Labute approximate surface area is 159 Å². The van der Waals surface area contributed by atoms with Gasteiger partial charge in [0.15, 0.2) is 0 Å². The van der Waals surface area contributed by atoms with E-state index in [-0.39, 0.29) is 28.0 Å². The number of hydrogen-bond donors (Lipinski definition) is 2. The van der Waals surface area contributed by atoms with Gasteiger partial charge in [-0.25, -0.2) is 0 Å². The van der Waals surface area contributed by atoms with E-state index in [4.69, 9.17) is 0 Å². The predicted molar refractivity (Wildman–Crippen MR) is 108 cm³/mol. The number of hydrogen-bond acceptors (Lipinski definition) is 3. The summed E-state index contributed by atoms with van der Waals surface area (Å²) in [6.45, 7) is 0. The minimum atomic E-state index is -4.36. The molecule has 0 saturated heterocycles. The first-order valence-electron chi connectivity index (χ1n) is 8.04. The number of phenols is 1. The molecule has 0 radical (unpaired) electrons. The van der Waals surface area contributed by atoms with Gasteiger partial charge in [0.05, 0.1) is 5.56 Å². The number of alkyl halides is 3. The number of anilines is 1. The summed E-state index contributed by atoms with van der Waals surface area (Å²) in [5, 5.41) is 14.7. The van der Waals surface area contributed by atoms with E-state index >= 15 is 0 Å². The number of nitrogens with one attached hydrogen (secondary N) is 1. The molecule has 0 aliphatic carbocycles. The summed E-state index contributed by atoms with van der Waals surface area (Å²) >= 11 is -0.221. The first-order chi connectivity index (χ1) is 12.6. The molecule has 3 nitrogen and oxygen atoms in total. The van der Waals surface area contributed by atoms with Crippen LogP contribution in [0.25, 0.3) is 10.8 Å². The molecule has 27 heavy (non-hydrogen) atoms. The lowest BCUT2D eigenvalue weighted by molar-refractivity contribution is -0.0328. The Morgan fingerprint density at radius 2 is 1.70 bits per heavy atom. The van der Waals surface area contributed by atoms with E-state index in [9.17, 15) is 23.1 Å². The summed E-state index contributed by atoms with van der Waals surface area (Å²) in [5.74, 6) is -0.650. The van der Waals surface area contributed by atoms with Crippen LogP contribution in [0.3, 0.4) is 0 Å². The molecule has 0 unspecified atom stereocenters. The average molecular weight is 387 g/mol. The minimum Gasteiger partial charge on any atom is -0.508 e. The molecule has 1 amide bonds. The molecule has 0 saturated carbocycles. The van der Waals surface area contributed by atoms with E-state index in [1.54, 1.807) is 13.9 Å². The Hall–Kier alpha value is -2.54. The molecule has 0 aliphatic rings. The molecular formula is C18H14B2F3NO2S. The number of phenolic OH excluding ortho intramolecular Hbond substituents is 1. The molecule has 9 heteroatoms.